The minimum atomic E-state index is -0.477. The summed E-state index contributed by atoms with van der Waals surface area (Å²) in [5, 5.41) is 15.8. The van der Waals surface area contributed by atoms with Crippen molar-refractivity contribution in [2.75, 3.05) is 12.0 Å². The van der Waals surface area contributed by atoms with E-state index in [0.29, 0.717) is 17.2 Å². The quantitative estimate of drug-likeness (QED) is 0.483. The van der Waals surface area contributed by atoms with Crippen LogP contribution in [0.5, 0.6) is 5.75 Å². The smallest absolute Gasteiger partial charge is 0.311 e. The largest absolute Gasteiger partial charge is 0.487 e. The highest BCUT2D eigenvalue weighted by Crippen LogP contribution is 2.27. The number of nitro groups is 1. The molecule has 2 aromatic carbocycles. The fourth-order valence-corrected chi connectivity index (χ4v) is 2.06. The third-order valence-electron chi connectivity index (χ3n) is 3.06. The lowest BCUT2D eigenvalue weighted by molar-refractivity contribution is -0.385. The summed E-state index contributed by atoms with van der Waals surface area (Å²) < 4.78 is 5.23. The maximum Gasteiger partial charge on any atom is 0.311 e. The van der Waals surface area contributed by atoms with Crippen LogP contribution in [0.2, 0.25) is 5.02 Å². The Hall–Kier alpha value is -2.60. The monoisotopic (exact) mass is 333 g/mol. The molecule has 0 fully saturated rings. The number of nitro benzene ring substituents is 1. The lowest BCUT2D eigenvalue weighted by Gasteiger charge is -2.05. The zero-order chi connectivity index (χ0) is 16.8. The molecule has 0 aliphatic heterocycles. The van der Waals surface area contributed by atoms with E-state index >= 15 is 0 Å². The first-order valence-electron chi connectivity index (χ1n) is 6.97. The molecule has 0 aromatic heterocycles. The van der Waals surface area contributed by atoms with Crippen molar-refractivity contribution in [3.8, 4) is 5.75 Å². The Morgan fingerprint density at radius 1 is 1.35 bits per heavy atom. The minimum Gasteiger partial charge on any atom is -0.487 e. The number of nitrogens with one attached hydrogen (secondary N) is 1. The second-order valence-electron chi connectivity index (χ2n) is 4.75. The van der Waals surface area contributed by atoms with Crippen LogP contribution in [-0.4, -0.2) is 17.7 Å². The van der Waals surface area contributed by atoms with E-state index in [1.165, 1.54) is 12.3 Å². The summed E-state index contributed by atoms with van der Waals surface area (Å²) in [7, 11) is 0. The lowest BCUT2D eigenvalue weighted by Crippen LogP contribution is -1.99. The van der Waals surface area contributed by atoms with Crippen LogP contribution < -0.4 is 10.2 Å². The van der Waals surface area contributed by atoms with Gasteiger partial charge in [-0.2, -0.15) is 5.10 Å². The van der Waals surface area contributed by atoms with Crippen molar-refractivity contribution < 1.29 is 9.66 Å². The maximum atomic E-state index is 11.1. The van der Waals surface area contributed by atoms with Crippen LogP contribution in [0.1, 0.15) is 18.1 Å². The first kappa shape index (κ1) is 16.8. The number of hydrazone groups is 1. The topological polar surface area (TPSA) is 76.8 Å². The third-order valence-corrected chi connectivity index (χ3v) is 3.47. The summed E-state index contributed by atoms with van der Waals surface area (Å²) >= 11 is 6.03. The van der Waals surface area contributed by atoms with E-state index in [2.05, 4.69) is 10.5 Å². The molecule has 0 radical (unpaired) electrons. The van der Waals surface area contributed by atoms with Crippen LogP contribution in [0.15, 0.2) is 41.5 Å². The average molecular weight is 334 g/mol. The molecule has 0 unspecified atom stereocenters. The van der Waals surface area contributed by atoms with Crippen LogP contribution in [-0.2, 0) is 0 Å². The zero-order valence-electron chi connectivity index (χ0n) is 12.7. The molecule has 0 aliphatic carbocycles. The predicted molar refractivity (Wildman–Crippen MR) is 91.7 cm³/mol. The molecule has 0 atom stereocenters. The lowest BCUT2D eigenvalue weighted by atomic mass is 10.2. The molecule has 2 rings (SSSR count). The Bertz CT molecular complexity index is 747. The van der Waals surface area contributed by atoms with Crippen molar-refractivity contribution in [1.29, 1.82) is 0 Å². The molecule has 0 saturated carbocycles. The summed E-state index contributed by atoms with van der Waals surface area (Å²) in [6.07, 6.45) is 1.50. The molecule has 7 heteroatoms. The van der Waals surface area contributed by atoms with E-state index in [1.54, 1.807) is 25.1 Å². The summed E-state index contributed by atoms with van der Waals surface area (Å²) in [6, 6.07) is 10.2. The Morgan fingerprint density at radius 2 is 2.13 bits per heavy atom. The van der Waals surface area contributed by atoms with E-state index in [4.69, 9.17) is 16.3 Å². The number of anilines is 1. The number of ether oxygens (including phenoxy) is 1. The highest BCUT2D eigenvalue weighted by atomic mass is 35.5. The minimum absolute atomic E-state index is 0.0887. The van der Waals surface area contributed by atoms with Gasteiger partial charge in [-0.15, -0.1) is 0 Å². The number of benzene rings is 2. The fourth-order valence-electron chi connectivity index (χ4n) is 1.88. The van der Waals surface area contributed by atoms with Gasteiger partial charge < -0.3 is 4.74 Å². The summed E-state index contributed by atoms with van der Waals surface area (Å²) in [6.45, 7) is 4.05. The second kappa shape index (κ2) is 7.60. The zero-order valence-corrected chi connectivity index (χ0v) is 13.5. The molecule has 23 heavy (non-hydrogen) atoms. The highest BCUT2D eigenvalue weighted by molar-refractivity contribution is 6.31. The van der Waals surface area contributed by atoms with Crippen molar-refractivity contribution in [3.63, 3.8) is 0 Å². The van der Waals surface area contributed by atoms with Gasteiger partial charge in [-0.3, -0.25) is 15.5 Å². The average Bonchev–Trinajstić information content (AvgIpc) is 2.52. The molecule has 0 bridgehead atoms. The molecule has 120 valence electrons. The highest BCUT2D eigenvalue weighted by Gasteiger charge is 2.15. The molecular weight excluding hydrogens is 318 g/mol. The van der Waals surface area contributed by atoms with Gasteiger partial charge in [0, 0.05) is 16.7 Å². The first-order chi connectivity index (χ1) is 11.0. The molecule has 0 spiro atoms. The molecule has 1 N–H and O–H groups in total. The van der Waals surface area contributed by atoms with E-state index in [0.717, 1.165) is 11.3 Å². The summed E-state index contributed by atoms with van der Waals surface area (Å²) in [5.74, 6) is 0.243. The Labute approximate surface area is 138 Å². The second-order valence-corrected chi connectivity index (χ2v) is 5.16. The van der Waals surface area contributed by atoms with Crippen LogP contribution in [0, 0.1) is 17.0 Å². The van der Waals surface area contributed by atoms with E-state index < -0.39 is 4.92 Å². The predicted octanol–water partition coefficient (Wildman–Crippen LogP) is 4.40. The number of hydrogen-bond donors (Lipinski definition) is 1. The van der Waals surface area contributed by atoms with Gasteiger partial charge in [0.15, 0.2) is 5.75 Å². The van der Waals surface area contributed by atoms with Gasteiger partial charge in [0.2, 0.25) is 0 Å². The van der Waals surface area contributed by atoms with E-state index in [9.17, 15) is 10.1 Å². The summed E-state index contributed by atoms with van der Waals surface area (Å²) in [4.78, 5) is 10.6. The normalized spacial score (nSPS) is 10.7. The van der Waals surface area contributed by atoms with Gasteiger partial charge in [0.25, 0.3) is 0 Å². The molecule has 6 nitrogen and oxygen atoms in total. The maximum absolute atomic E-state index is 11.1. The molecule has 0 amide bonds. The number of hydrogen-bond acceptors (Lipinski definition) is 5. The van der Waals surface area contributed by atoms with E-state index in [1.807, 2.05) is 19.1 Å². The fraction of sp³-hybridized carbons (Fsp3) is 0.188. The van der Waals surface area contributed by atoms with Gasteiger partial charge in [-0.05, 0) is 43.7 Å². The van der Waals surface area contributed by atoms with Crippen LogP contribution in [0.4, 0.5) is 11.4 Å². The van der Waals surface area contributed by atoms with Gasteiger partial charge in [0.05, 0.1) is 23.4 Å². The van der Waals surface area contributed by atoms with Crippen LogP contribution in [0.3, 0.4) is 0 Å². The molecule has 0 heterocycles. The number of nitrogens with zero attached hydrogens (tertiary/aromatic N) is 2. The molecular formula is C16H16ClN3O3. The SMILES string of the molecule is CCOc1ccc(/C=N/Nc2ccc(C)c(Cl)c2)cc1[N+](=O)[O-]. The first-order valence-corrected chi connectivity index (χ1v) is 7.35. The van der Waals surface area contributed by atoms with E-state index in [-0.39, 0.29) is 11.4 Å². The van der Waals surface area contributed by atoms with Crippen molar-refractivity contribution in [3.05, 3.63) is 62.7 Å². The molecule has 2 aromatic rings. The summed E-state index contributed by atoms with van der Waals surface area (Å²) in [5.41, 5.74) is 5.04. The van der Waals surface area contributed by atoms with Crippen molar-refractivity contribution in [2.24, 2.45) is 5.10 Å². The Balaban J connectivity index is 2.14. The van der Waals surface area contributed by atoms with Crippen molar-refractivity contribution in [1.82, 2.24) is 0 Å². The number of rotatable bonds is 6. The van der Waals surface area contributed by atoms with Gasteiger partial charge >= 0.3 is 5.69 Å². The van der Waals surface area contributed by atoms with Gasteiger partial charge in [-0.1, -0.05) is 17.7 Å². The van der Waals surface area contributed by atoms with Crippen molar-refractivity contribution in [2.45, 2.75) is 13.8 Å². The number of aryl methyl sites for hydroxylation is 1. The Morgan fingerprint density at radius 3 is 2.78 bits per heavy atom. The third kappa shape index (κ3) is 4.43. The van der Waals surface area contributed by atoms with Crippen LogP contribution in [0.25, 0.3) is 0 Å². The van der Waals surface area contributed by atoms with Gasteiger partial charge in [0.1, 0.15) is 0 Å². The van der Waals surface area contributed by atoms with Crippen LogP contribution >= 0.6 is 11.6 Å². The van der Waals surface area contributed by atoms with Crippen molar-refractivity contribution >= 4 is 29.2 Å². The Kier molecular flexibility index (Phi) is 5.54. The molecule has 0 saturated heterocycles. The van der Waals surface area contributed by atoms with Gasteiger partial charge in [-0.25, -0.2) is 0 Å². The number of halogens is 1. The molecule has 0 aliphatic rings. The standard InChI is InChI=1S/C16H16ClN3O3/c1-3-23-16-7-5-12(8-15(16)20(21)22)10-18-19-13-6-4-11(2)14(17)9-13/h4-10,19H,3H2,1-2H3/b18-10+.